The number of hydrogen-bond acceptors (Lipinski definition) is 1. The molecule has 1 aromatic rings. The second-order valence-corrected chi connectivity index (χ2v) is 2.83. The molecule has 1 amide bonds. The van der Waals surface area contributed by atoms with Crippen molar-refractivity contribution in [1.29, 1.82) is 0 Å². The lowest BCUT2D eigenvalue weighted by atomic mass is 10.2. The maximum atomic E-state index is 10.7. The van der Waals surface area contributed by atoms with Crippen LogP contribution >= 0.6 is 11.6 Å². The Labute approximate surface area is 81.9 Å². The largest absolute Gasteiger partial charge is 0.341 e. The third kappa shape index (κ3) is 2.81. The first-order chi connectivity index (χ1) is 6.24. The Morgan fingerprint density at radius 3 is 2.85 bits per heavy atom. The van der Waals surface area contributed by atoms with Crippen LogP contribution in [0.4, 0.5) is 0 Å². The topological polar surface area (TPSA) is 29.1 Å². The van der Waals surface area contributed by atoms with Crippen molar-refractivity contribution >= 4 is 17.5 Å². The lowest BCUT2D eigenvalue weighted by Crippen LogP contribution is -2.20. The zero-order valence-electron chi connectivity index (χ0n) is 6.88. The van der Waals surface area contributed by atoms with Crippen LogP contribution in [0.5, 0.6) is 0 Å². The van der Waals surface area contributed by atoms with Crippen LogP contribution < -0.4 is 5.32 Å². The highest BCUT2D eigenvalue weighted by atomic mass is 35.5. The second kappa shape index (κ2) is 4.54. The zero-order valence-corrected chi connectivity index (χ0v) is 7.64. The lowest BCUT2D eigenvalue weighted by Gasteiger charge is -2.02. The number of terminal acetylenes is 1. The normalized spacial score (nSPS) is 8.92. The Hall–Kier alpha value is -1.46. The number of carbonyl (C=O) groups is 1. The molecule has 1 N–H and O–H groups in total. The van der Waals surface area contributed by atoms with Gasteiger partial charge in [0.1, 0.15) is 0 Å². The fourth-order valence-corrected chi connectivity index (χ4v) is 1.07. The predicted molar refractivity (Wildman–Crippen MR) is 52.1 cm³/mol. The molecule has 0 atom stereocenters. The molecule has 0 aliphatic heterocycles. The summed E-state index contributed by atoms with van der Waals surface area (Å²) in [5, 5.41) is 3.15. The van der Waals surface area contributed by atoms with Gasteiger partial charge in [-0.25, -0.2) is 0 Å². The highest BCUT2D eigenvalue weighted by Gasteiger charge is 1.99. The molecule has 1 aromatic carbocycles. The molecule has 0 fully saturated rings. The van der Waals surface area contributed by atoms with Crippen LogP contribution in [0.25, 0.3) is 0 Å². The van der Waals surface area contributed by atoms with Crippen LogP contribution in [0.15, 0.2) is 24.3 Å². The van der Waals surface area contributed by atoms with Crippen molar-refractivity contribution in [2.45, 2.75) is 6.54 Å². The van der Waals surface area contributed by atoms with Crippen LogP contribution in [-0.2, 0) is 11.3 Å². The summed E-state index contributed by atoms with van der Waals surface area (Å²) in [6.07, 6.45) is 4.88. The van der Waals surface area contributed by atoms with Gasteiger partial charge in [-0.3, -0.25) is 4.79 Å². The Bertz CT molecular complexity index is 354. The van der Waals surface area contributed by atoms with Gasteiger partial charge in [0, 0.05) is 11.6 Å². The van der Waals surface area contributed by atoms with E-state index >= 15 is 0 Å². The quantitative estimate of drug-likeness (QED) is 0.711. The van der Waals surface area contributed by atoms with E-state index in [1.54, 1.807) is 6.07 Å². The lowest BCUT2D eigenvalue weighted by molar-refractivity contribution is -0.115. The van der Waals surface area contributed by atoms with Gasteiger partial charge in [0.2, 0.25) is 0 Å². The summed E-state index contributed by atoms with van der Waals surface area (Å²) in [7, 11) is 0. The van der Waals surface area contributed by atoms with Gasteiger partial charge in [0.05, 0.1) is 0 Å². The average Bonchev–Trinajstić information content (AvgIpc) is 2.16. The molecule has 0 saturated heterocycles. The van der Waals surface area contributed by atoms with Gasteiger partial charge >= 0.3 is 0 Å². The van der Waals surface area contributed by atoms with E-state index < -0.39 is 5.91 Å². The first kappa shape index (κ1) is 9.63. The number of amides is 1. The van der Waals surface area contributed by atoms with Crippen molar-refractivity contribution < 1.29 is 4.79 Å². The van der Waals surface area contributed by atoms with Crippen molar-refractivity contribution in [3.05, 3.63) is 34.9 Å². The minimum atomic E-state index is -0.431. The van der Waals surface area contributed by atoms with Crippen molar-refractivity contribution in [3.8, 4) is 12.3 Å². The summed E-state index contributed by atoms with van der Waals surface area (Å²) in [6.45, 7) is 0.364. The molecule has 1 rings (SSSR count). The van der Waals surface area contributed by atoms with Gasteiger partial charge in [-0.2, -0.15) is 0 Å². The van der Waals surface area contributed by atoms with Gasteiger partial charge in [-0.1, -0.05) is 29.8 Å². The number of halogens is 1. The van der Waals surface area contributed by atoms with Crippen LogP contribution in [0.3, 0.4) is 0 Å². The highest BCUT2D eigenvalue weighted by molar-refractivity contribution is 6.31. The molecule has 0 radical (unpaired) electrons. The molecule has 3 heteroatoms. The molecule has 0 unspecified atom stereocenters. The number of benzene rings is 1. The Kier molecular flexibility index (Phi) is 3.36. The number of carbonyl (C=O) groups excluding carboxylic acids is 1. The van der Waals surface area contributed by atoms with E-state index in [1.165, 1.54) is 0 Å². The van der Waals surface area contributed by atoms with E-state index in [2.05, 4.69) is 5.32 Å². The molecule has 2 nitrogen and oxygen atoms in total. The summed E-state index contributed by atoms with van der Waals surface area (Å²) < 4.78 is 0. The molecule has 0 heterocycles. The smallest absolute Gasteiger partial charge is 0.295 e. The molecule has 0 aromatic heterocycles. The maximum absolute atomic E-state index is 10.7. The Morgan fingerprint density at radius 2 is 2.23 bits per heavy atom. The molecule has 0 aliphatic rings. The minimum absolute atomic E-state index is 0.364. The van der Waals surface area contributed by atoms with Gasteiger partial charge in [0.15, 0.2) is 0 Å². The standard InChI is InChI=1S/C10H8ClNO/c1-2-10(13)12-7-8-5-3-4-6-9(8)11/h1,3-6H,7H2,(H,12,13). The molecule has 0 aliphatic carbocycles. The molecule has 13 heavy (non-hydrogen) atoms. The first-order valence-electron chi connectivity index (χ1n) is 3.72. The van der Waals surface area contributed by atoms with Crippen LogP contribution in [0, 0.1) is 12.3 Å². The van der Waals surface area contributed by atoms with Crippen molar-refractivity contribution in [2.24, 2.45) is 0 Å². The SMILES string of the molecule is C#CC(=O)NCc1ccccc1Cl. The average molecular weight is 194 g/mol. The number of nitrogens with one attached hydrogen (secondary N) is 1. The first-order valence-corrected chi connectivity index (χ1v) is 4.09. The molecule has 66 valence electrons. The monoisotopic (exact) mass is 193 g/mol. The number of hydrogen-bond donors (Lipinski definition) is 1. The van der Waals surface area contributed by atoms with Gasteiger partial charge in [0.25, 0.3) is 5.91 Å². The van der Waals surface area contributed by atoms with E-state index in [4.69, 9.17) is 18.0 Å². The zero-order chi connectivity index (χ0) is 9.68. The summed E-state index contributed by atoms with van der Waals surface area (Å²) in [6, 6.07) is 7.27. The fraction of sp³-hybridized carbons (Fsp3) is 0.100. The molecular weight excluding hydrogens is 186 g/mol. The van der Waals surface area contributed by atoms with Crippen LogP contribution in [-0.4, -0.2) is 5.91 Å². The second-order valence-electron chi connectivity index (χ2n) is 2.42. The third-order valence-corrected chi connectivity index (χ3v) is 1.90. The van der Waals surface area contributed by atoms with E-state index in [9.17, 15) is 4.79 Å². The van der Waals surface area contributed by atoms with Crippen LogP contribution in [0.2, 0.25) is 5.02 Å². The van der Waals surface area contributed by atoms with Crippen molar-refractivity contribution in [2.75, 3.05) is 0 Å². The van der Waals surface area contributed by atoms with Gasteiger partial charge in [-0.05, 0) is 17.6 Å². The highest BCUT2D eigenvalue weighted by Crippen LogP contribution is 2.13. The molecule has 0 bridgehead atoms. The molecule has 0 spiro atoms. The molecule has 0 saturated carbocycles. The third-order valence-electron chi connectivity index (χ3n) is 1.53. The van der Waals surface area contributed by atoms with Crippen molar-refractivity contribution in [3.63, 3.8) is 0 Å². The molecular formula is C10H8ClNO. The summed E-state index contributed by atoms with van der Waals surface area (Å²) in [5.74, 6) is 1.53. The fourth-order valence-electron chi connectivity index (χ4n) is 0.868. The summed E-state index contributed by atoms with van der Waals surface area (Å²) in [5.41, 5.74) is 0.854. The predicted octanol–water partition coefficient (Wildman–Crippen LogP) is 1.59. The Morgan fingerprint density at radius 1 is 1.54 bits per heavy atom. The van der Waals surface area contributed by atoms with E-state index in [0.717, 1.165) is 5.56 Å². The van der Waals surface area contributed by atoms with Crippen molar-refractivity contribution in [1.82, 2.24) is 5.32 Å². The number of rotatable bonds is 2. The van der Waals surface area contributed by atoms with Gasteiger partial charge < -0.3 is 5.32 Å². The van der Waals surface area contributed by atoms with E-state index in [-0.39, 0.29) is 0 Å². The maximum Gasteiger partial charge on any atom is 0.295 e. The minimum Gasteiger partial charge on any atom is -0.341 e. The Balaban J connectivity index is 2.61. The van der Waals surface area contributed by atoms with Gasteiger partial charge in [-0.15, -0.1) is 6.42 Å². The summed E-state index contributed by atoms with van der Waals surface area (Å²) in [4.78, 5) is 10.7. The van der Waals surface area contributed by atoms with E-state index in [0.29, 0.717) is 11.6 Å². The van der Waals surface area contributed by atoms with Crippen LogP contribution in [0.1, 0.15) is 5.56 Å². The van der Waals surface area contributed by atoms with E-state index in [1.807, 2.05) is 24.1 Å². The summed E-state index contributed by atoms with van der Waals surface area (Å²) >= 11 is 5.85.